The van der Waals surface area contributed by atoms with E-state index in [1.54, 1.807) is 12.1 Å². The van der Waals surface area contributed by atoms with Crippen molar-refractivity contribution in [1.29, 1.82) is 0 Å². The highest BCUT2D eigenvalue weighted by Crippen LogP contribution is 2.19. The van der Waals surface area contributed by atoms with Crippen LogP contribution in [0.4, 0.5) is 0 Å². The second-order valence-electron chi connectivity index (χ2n) is 2.62. The number of hydrogen-bond donors (Lipinski definition) is 3. The second kappa shape index (κ2) is 4.09. The van der Waals surface area contributed by atoms with E-state index >= 15 is 0 Å². The van der Waals surface area contributed by atoms with Gasteiger partial charge >= 0.3 is 0 Å². The number of phenolic OH excluding ortho intramolecular Hbond substituents is 1. The van der Waals surface area contributed by atoms with Gasteiger partial charge in [0.15, 0.2) is 0 Å². The number of benzene rings is 1. The van der Waals surface area contributed by atoms with Gasteiger partial charge in [0.2, 0.25) is 0 Å². The Morgan fingerprint density at radius 1 is 1.33 bits per heavy atom. The van der Waals surface area contributed by atoms with Gasteiger partial charge in [0, 0.05) is 13.0 Å². The van der Waals surface area contributed by atoms with Gasteiger partial charge in [-0.05, 0) is 17.7 Å². The van der Waals surface area contributed by atoms with Gasteiger partial charge in [-0.25, -0.2) is 0 Å². The Balaban J connectivity index is 2.73. The number of aromatic hydroxyl groups is 1. The molecule has 0 aliphatic heterocycles. The van der Waals surface area contributed by atoms with Crippen molar-refractivity contribution >= 4 is 0 Å². The standard InChI is InChI=1S/C9H12O3/c10-5-4-9(12)7-2-1-3-8(11)6-7/h1-3,6,9-12H,4-5H2/t9-/m0/s1. The number of aliphatic hydroxyl groups excluding tert-OH is 2. The van der Waals surface area contributed by atoms with Crippen LogP contribution in [-0.2, 0) is 0 Å². The molecular weight excluding hydrogens is 156 g/mol. The van der Waals surface area contributed by atoms with Crippen LogP contribution in [-0.4, -0.2) is 21.9 Å². The average molecular weight is 168 g/mol. The summed E-state index contributed by atoms with van der Waals surface area (Å²) in [5, 5.41) is 27.0. The molecule has 0 aromatic heterocycles. The number of hydrogen-bond acceptors (Lipinski definition) is 3. The highest BCUT2D eigenvalue weighted by molar-refractivity contribution is 5.28. The first-order valence-corrected chi connectivity index (χ1v) is 3.82. The molecule has 0 saturated heterocycles. The molecule has 0 amide bonds. The molecule has 0 bridgehead atoms. The minimum absolute atomic E-state index is 0.0587. The monoisotopic (exact) mass is 168 g/mol. The number of aliphatic hydroxyl groups is 2. The molecule has 1 rings (SSSR count). The molecule has 3 nitrogen and oxygen atoms in total. The van der Waals surface area contributed by atoms with Gasteiger partial charge in [-0.2, -0.15) is 0 Å². The van der Waals surface area contributed by atoms with Crippen molar-refractivity contribution in [2.24, 2.45) is 0 Å². The van der Waals surface area contributed by atoms with E-state index in [2.05, 4.69) is 0 Å². The Labute approximate surface area is 70.9 Å². The molecule has 12 heavy (non-hydrogen) atoms. The third-order valence-corrected chi connectivity index (χ3v) is 1.66. The average Bonchev–Trinajstić information content (AvgIpc) is 2.05. The van der Waals surface area contributed by atoms with E-state index in [1.165, 1.54) is 12.1 Å². The lowest BCUT2D eigenvalue weighted by Gasteiger charge is -2.08. The van der Waals surface area contributed by atoms with Crippen LogP contribution in [0.1, 0.15) is 18.1 Å². The Morgan fingerprint density at radius 2 is 2.08 bits per heavy atom. The summed E-state index contributed by atoms with van der Waals surface area (Å²) >= 11 is 0. The first-order valence-electron chi connectivity index (χ1n) is 3.82. The van der Waals surface area contributed by atoms with E-state index in [9.17, 15) is 5.11 Å². The molecule has 1 aromatic carbocycles. The summed E-state index contributed by atoms with van der Waals surface area (Å²) in [7, 11) is 0. The van der Waals surface area contributed by atoms with E-state index in [1.807, 2.05) is 0 Å². The van der Waals surface area contributed by atoms with Crippen LogP contribution in [0.3, 0.4) is 0 Å². The topological polar surface area (TPSA) is 60.7 Å². The van der Waals surface area contributed by atoms with E-state index in [0.29, 0.717) is 12.0 Å². The number of rotatable bonds is 3. The SMILES string of the molecule is OCC[C@H](O)c1cccc(O)c1. The quantitative estimate of drug-likeness (QED) is 0.625. The minimum atomic E-state index is -0.693. The van der Waals surface area contributed by atoms with Crippen LogP contribution >= 0.6 is 0 Å². The maximum Gasteiger partial charge on any atom is 0.115 e. The Morgan fingerprint density at radius 3 is 2.67 bits per heavy atom. The molecule has 3 N–H and O–H groups in total. The van der Waals surface area contributed by atoms with Gasteiger partial charge in [-0.3, -0.25) is 0 Å². The fourth-order valence-electron chi connectivity index (χ4n) is 1.02. The summed E-state index contributed by atoms with van der Waals surface area (Å²) in [4.78, 5) is 0. The third kappa shape index (κ3) is 2.22. The molecule has 0 saturated carbocycles. The number of phenols is 1. The van der Waals surface area contributed by atoms with Crippen molar-refractivity contribution in [2.45, 2.75) is 12.5 Å². The molecule has 1 atom stereocenters. The lowest BCUT2D eigenvalue weighted by molar-refractivity contribution is 0.134. The van der Waals surface area contributed by atoms with Gasteiger partial charge in [0.05, 0.1) is 6.10 Å². The first-order chi connectivity index (χ1) is 5.74. The zero-order chi connectivity index (χ0) is 8.97. The van der Waals surface area contributed by atoms with Gasteiger partial charge in [-0.15, -0.1) is 0 Å². The van der Waals surface area contributed by atoms with Gasteiger partial charge in [0.1, 0.15) is 5.75 Å². The summed E-state index contributed by atoms with van der Waals surface area (Å²) < 4.78 is 0. The molecule has 66 valence electrons. The van der Waals surface area contributed by atoms with Crippen molar-refractivity contribution in [3.63, 3.8) is 0 Å². The predicted octanol–water partition coefficient (Wildman–Crippen LogP) is 0.808. The Hall–Kier alpha value is -1.06. The minimum Gasteiger partial charge on any atom is -0.508 e. The van der Waals surface area contributed by atoms with Crippen molar-refractivity contribution < 1.29 is 15.3 Å². The lowest BCUT2D eigenvalue weighted by atomic mass is 10.1. The molecule has 0 fully saturated rings. The maximum absolute atomic E-state index is 9.37. The summed E-state index contributed by atoms with van der Waals surface area (Å²) in [6.07, 6.45) is -0.397. The zero-order valence-corrected chi connectivity index (χ0v) is 6.64. The van der Waals surface area contributed by atoms with Crippen LogP contribution in [0.5, 0.6) is 5.75 Å². The highest BCUT2D eigenvalue weighted by atomic mass is 16.3. The fourth-order valence-corrected chi connectivity index (χ4v) is 1.02. The molecular formula is C9H12O3. The van der Waals surface area contributed by atoms with E-state index in [4.69, 9.17) is 10.2 Å². The summed E-state index contributed by atoms with van der Waals surface area (Å²) in [6, 6.07) is 6.39. The predicted molar refractivity (Wildman–Crippen MR) is 44.8 cm³/mol. The molecule has 1 aromatic rings. The normalized spacial score (nSPS) is 12.8. The van der Waals surface area contributed by atoms with E-state index in [0.717, 1.165) is 0 Å². The van der Waals surface area contributed by atoms with Crippen LogP contribution in [0, 0.1) is 0 Å². The highest BCUT2D eigenvalue weighted by Gasteiger charge is 2.06. The van der Waals surface area contributed by atoms with Crippen molar-refractivity contribution in [1.82, 2.24) is 0 Å². The van der Waals surface area contributed by atoms with Gasteiger partial charge < -0.3 is 15.3 Å². The second-order valence-corrected chi connectivity index (χ2v) is 2.62. The van der Waals surface area contributed by atoms with E-state index < -0.39 is 6.10 Å². The van der Waals surface area contributed by atoms with Crippen LogP contribution in [0.2, 0.25) is 0 Å². The molecule has 0 spiro atoms. The molecule has 3 heteroatoms. The van der Waals surface area contributed by atoms with Crippen molar-refractivity contribution in [3.05, 3.63) is 29.8 Å². The molecule has 0 aliphatic rings. The lowest BCUT2D eigenvalue weighted by Crippen LogP contribution is -1.99. The molecule has 0 unspecified atom stereocenters. The van der Waals surface area contributed by atoms with Crippen LogP contribution in [0.15, 0.2) is 24.3 Å². The largest absolute Gasteiger partial charge is 0.508 e. The van der Waals surface area contributed by atoms with Gasteiger partial charge in [0.25, 0.3) is 0 Å². The summed E-state index contributed by atoms with van der Waals surface area (Å²) in [5.41, 5.74) is 0.629. The molecule has 0 heterocycles. The Bertz CT molecular complexity index is 247. The summed E-state index contributed by atoms with van der Waals surface area (Å²) in [6.45, 7) is -0.0587. The molecule has 0 aliphatic carbocycles. The maximum atomic E-state index is 9.37. The molecule has 0 radical (unpaired) electrons. The van der Waals surface area contributed by atoms with E-state index in [-0.39, 0.29) is 12.4 Å². The van der Waals surface area contributed by atoms with Crippen LogP contribution in [0.25, 0.3) is 0 Å². The third-order valence-electron chi connectivity index (χ3n) is 1.66. The fraction of sp³-hybridized carbons (Fsp3) is 0.333. The Kier molecular flexibility index (Phi) is 3.08. The smallest absolute Gasteiger partial charge is 0.115 e. The van der Waals surface area contributed by atoms with Crippen molar-refractivity contribution in [2.75, 3.05) is 6.61 Å². The zero-order valence-electron chi connectivity index (χ0n) is 6.64. The van der Waals surface area contributed by atoms with Crippen molar-refractivity contribution in [3.8, 4) is 5.75 Å². The summed E-state index contributed by atoms with van der Waals surface area (Å²) in [5.74, 6) is 0.129. The first kappa shape index (κ1) is 9.03. The van der Waals surface area contributed by atoms with Crippen LogP contribution < -0.4 is 0 Å². The van der Waals surface area contributed by atoms with Gasteiger partial charge in [-0.1, -0.05) is 12.1 Å².